The number of hydrogen-bond donors (Lipinski definition) is 0. The Balaban J connectivity index is 1.98. The highest BCUT2D eigenvalue weighted by atomic mass is 31.2. The molecular formula is C32H51O6PSi. The first-order valence-electron chi connectivity index (χ1n) is 14.7. The van der Waals surface area contributed by atoms with Gasteiger partial charge in [0.1, 0.15) is 12.2 Å². The Morgan fingerprint density at radius 1 is 0.800 bits per heavy atom. The van der Waals surface area contributed by atoms with Crippen molar-refractivity contribution in [3.8, 4) is 0 Å². The van der Waals surface area contributed by atoms with Crippen LogP contribution in [-0.2, 0) is 40.9 Å². The smallest absolute Gasteiger partial charge is 0.201 e. The Hall–Kier alpha value is -1.31. The molecule has 8 heteroatoms. The Morgan fingerprint density at radius 3 is 1.77 bits per heavy atom. The van der Waals surface area contributed by atoms with E-state index in [2.05, 4.69) is 60.6 Å². The summed E-state index contributed by atoms with van der Waals surface area (Å²) in [5, 5.41) is 0. The molecule has 0 radical (unpaired) electrons. The van der Waals surface area contributed by atoms with E-state index in [4.69, 9.17) is 23.2 Å². The fourth-order valence-electron chi connectivity index (χ4n) is 6.21. The van der Waals surface area contributed by atoms with Crippen LogP contribution >= 0.6 is 7.37 Å². The molecule has 1 aliphatic rings. The van der Waals surface area contributed by atoms with Crippen molar-refractivity contribution in [2.24, 2.45) is 5.92 Å². The summed E-state index contributed by atoms with van der Waals surface area (Å²) in [7, 11) is -5.16. The standard InChI is InChI=1S/C32H51O6PSi/c1-23(2)40(24(3)4,25(5)6)38-31-29(22-34-20-27-16-12-10-13-17-27)36-32(37-39(8,9)33)26(7)30(31)35-21-28-18-14-11-15-19-28/h10-19,23-26,29-32H,20-22H2,1-9H3. The SMILES string of the molecule is CC1C(OP(C)(C)=O)OC(COCc2ccccc2)C(O[Si](C(C)C)(C(C)C)C(C)C)C1OCc1ccccc1. The van der Waals surface area contributed by atoms with Crippen LogP contribution in [0.25, 0.3) is 0 Å². The van der Waals surface area contributed by atoms with Gasteiger partial charge in [0.15, 0.2) is 13.7 Å². The third-order valence-corrected chi connectivity index (χ3v) is 14.8. The molecule has 0 spiro atoms. The quantitative estimate of drug-likeness (QED) is 0.163. The molecule has 1 fully saturated rings. The first kappa shape index (κ1) is 33.2. The van der Waals surface area contributed by atoms with Crippen LogP contribution in [0.2, 0.25) is 16.6 Å². The summed E-state index contributed by atoms with van der Waals surface area (Å²) in [6.07, 6.45) is -1.83. The van der Waals surface area contributed by atoms with Crippen LogP contribution in [0.4, 0.5) is 0 Å². The summed E-state index contributed by atoms with van der Waals surface area (Å²) in [6, 6.07) is 20.3. The van der Waals surface area contributed by atoms with Gasteiger partial charge >= 0.3 is 0 Å². The van der Waals surface area contributed by atoms with E-state index in [9.17, 15) is 4.57 Å². The predicted molar refractivity (Wildman–Crippen MR) is 165 cm³/mol. The van der Waals surface area contributed by atoms with Crippen molar-refractivity contribution in [3.05, 3.63) is 71.8 Å². The minimum absolute atomic E-state index is 0.203. The van der Waals surface area contributed by atoms with E-state index in [0.29, 0.717) is 36.4 Å². The summed E-state index contributed by atoms with van der Waals surface area (Å²) in [5.74, 6) is -0.203. The van der Waals surface area contributed by atoms with Crippen molar-refractivity contribution < 1.29 is 27.7 Å². The van der Waals surface area contributed by atoms with Crippen LogP contribution in [0.15, 0.2) is 60.7 Å². The van der Waals surface area contributed by atoms with Crippen LogP contribution in [0.1, 0.15) is 59.6 Å². The summed E-state index contributed by atoms with van der Waals surface area (Å²) in [4.78, 5) is 0. The molecule has 0 aromatic heterocycles. The fourth-order valence-corrected chi connectivity index (χ4v) is 12.5. The lowest BCUT2D eigenvalue weighted by molar-refractivity contribution is -0.267. The molecule has 40 heavy (non-hydrogen) atoms. The lowest BCUT2D eigenvalue weighted by atomic mass is 9.92. The van der Waals surface area contributed by atoms with Gasteiger partial charge < -0.3 is 18.6 Å². The van der Waals surface area contributed by atoms with Crippen LogP contribution in [0.3, 0.4) is 0 Å². The minimum Gasteiger partial charge on any atom is -0.408 e. The molecule has 1 saturated heterocycles. The molecule has 0 amide bonds. The fraction of sp³-hybridized carbons (Fsp3) is 0.625. The van der Waals surface area contributed by atoms with Gasteiger partial charge in [0.2, 0.25) is 8.32 Å². The Labute approximate surface area is 243 Å². The molecule has 224 valence electrons. The summed E-state index contributed by atoms with van der Waals surface area (Å²) >= 11 is 0. The average Bonchev–Trinajstić information content (AvgIpc) is 2.88. The van der Waals surface area contributed by atoms with Crippen LogP contribution < -0.4 is 0 Å². The van der Waals surface area contributed by atoms with Gasteiger partial charge in [-0.2, -0.15) is 0 Å². The van der Waals surface area contributed by atoms with E-state index >= 15 is 0 Å². The highest BCUT2D eigenvalue weighted by Crippen LogP contribution is 2.48. The molecule has 2 aromatic rings. The van der Waals surface area contributed by atoms with E-state index in [-0.39, 0.29) is 18.1 Å². The van der Waals surface area contributed by atoms with Crippen molar-refractivity contribution in [2.45, 2.75) is 103 Å². The molecule has 6 nitrogen and oxygen atoms in total. The van der Waals surface area contributed by atoms with Crippen molar-refractivity contribution in [1.82, 2.24) is 0 Å². The molecule has 1 aliphatic heterocycles. The van der Waals surface area contributed by atoms with Gasteiger partial charge in [0, 0.05) is 19.2 Å². The monoisotopic (exact) mass is 590 g/mol. The average molecular weight is 591 g/mol. The summed E-state index contributed by atoms with van der Waals surface area (Å²) in [5.41, 5.74) is 3.36. The first-order chi connectivity index (χ1) is 18.8. The second kappa shape index (κ2) is 14.7. The normalized spacial score (nSPS) is 24.2. The highest BCUT2D eigenvalue weighted by molar-refractivity contribution is 7.57. The van der Waals surface area contributed by atoms with Gasteiger partial charge in [-0.15, -0.1) is 0 Å². The number of benzene rings is 2. The van der Waals surface area contributed by atoms with Crippen LogP contribution in [0, 0.1) is 5.92 Å². The van der Waals surface area contributed by atoms with E-state index in [1.165, 1.54) is 0 Å². The summed E-state index contributed by atoms with van der Waals surface area (Å²) in [6.45, 7) is 20.2. The second-order valence-corrected chi connectivity index (χ2v) is 20.5. The van der Waals surface area contributed by atoms with Gasteiger partial charge in [-0.1, -0.05) is 109 Å². The predicted octanol–water partition coefficient (Wildman–Crippen LogP) is 8.26. The van der Waals surface area contributed by atoms with Crippen molar-refractivity contribution in [3.63, 3.8) is 0 Å². The largest absolute Gasteiger partial charge is 0.408 e. The highest BCUT2D eigenvalue weighted by Gasteiger charge is 2.53. The molecule has 0 saturated carbocycles. The van der Waals surface area contributed by atoms with E-state index in [0.717, 1.165) is 11.1 Å². The van der Waals surface area contributed by atoms with Crippen LogP contribution in [-0.4, -0.2) is 52.9 Å². The van der Waals surface area contributed by atoms with Gasteiger partial charge in [0.25, 0.3) is 0 Å². The molecule has 0 bridgehead atoms. The lowest BCUT2D eigenvalue weighted by Crippen LogP contribution is -2.62. The van der Waals surface area contributed by atoms with Gasteiger partial charge in [-0.05, 0) is 27.8 Å². The number of ether oxygens (including phenoxy) is 3. The number of hydrogen-bond acceptors (Lipinski definition) is 6. The maximum absolute atomic E-state index is 12.8. The maximum atomic E-state index is 12.8. The third-order valence-electron chi connectivity index (χ3n) is 8.03. The van der Waals surface area contributed by atoms with Crippen molar-refractivity contribution >= 4 is 15.7 Å². The Morgan fingerprint density at radius 2 is 1.30 bits per heavy atom. The van der Waals surface area contributed by atoms with E-state index < -0.39 is 28.1 Å². The topological polar surface area (TPSA) is 63.2 Å². The minimum atomic E-state index is -2.84. The molecule has 5 unspecified atom stereocenters. The van der Waals surface area contributed by atoms with Crippen molar-refractivity contribution in [1.29, 1.82) is 0 Å². The zero-order valence-electron chi connectivity index (χ0n) is 25.9. The Bertz CT molecular complexity index is 1040. The number of rotatable bonds is 14. The van der Waals surface area contributed by atoms with Gasteiger partial charge in [0.05, 0.1) is 25.9 Å². The molecule has 3 rings (SSSR count). The van der Waals surface area contributed by atoms with Gasteiger partial charge in [-0.25, -0.2) is 0 Å². The third kappa shape index (κ3) is 8.60. The van der Waals surface area contributed by atoms with Crippen molar-refractivity contribution in [2.75, 3.05) is 19.9 Å². The maximum Gasteiger partial charge on any atom is 0.201 e. The molecular weight excluding hydrogens is 539 g/mol. The van der Waals surface area contributed by atoms with E-state index in [1.807, 2.05) is 48.5 Å². The summed E-state index contributed by atoms with van der Waals surface area (Å²) < 4.78 is 45.8. The lowest BCUT2D eigenvalue weighted by Gasteiger charge is -2.51. The van der Waals surface area contributed by atoms with Crippen LogP contribution in [0.5, 0.6) is 0 Å². The van der Waals surface area contributed by atoms with E-state index in [1.54, 1.807) is 13.3 Å². The molecule has 2 aromatic carbocycles. The molecule has 1 heterocycles. The first-order valence-corrected chi connectivity index (χ1v) is 19.3. The molecule has 0 aliphatic carbocycles. The zero-order chi connectivity index (χ0) is 29.5. The molecule has 0 N–H and O–H groups in total. The molecule has 5 atom stereocenters. The van der Waals surface area contributed by atoms with Gasteiger partial charge in [-0.3, -0.25) is 9.09 Å². The zero-order valence-corrected chi connectivity index (χ0v) is 27.8. The second-order valence-electron chi connectivity index (χ2n) is 12.4. The Kier molecular flexibility index (Phi) is 12.2.